The van der Waals surface area contributed by atoms with E-state index in [2.05, 4.69) is 5.32 Å². The molecule has 0 aliphatic heterocycles. The summed E-state index contributed by atoms with van der Waals surface area (Å²) >= 11 is 0. The second kappa shape index (κ2) is 5.06. The van der Waals surface area contributed by atoms with E-state index in [4.69, 9.17) is 5.73 Å². The van der Waals surface area contributed by atoms with Gasteiger partial charge in [0, 0.05) is 5.69 Å². The molecular formula is C14H12F2N2O. The lowest BCUT2D eigenvalue weighted by Gasteiger charge is -2.08. The Morgan fingerprint density at radius 1 is 1.11 bits per heavy atom. The molecule has 19 heavy (non-hydrogen) atoms. The van der Waals surface area contributed by atoms with E-state index >= 15 is 0 Å². The van der Waals surface area contributed by atoms with E-state index in [1.165, 1.54) is 24.3 Å². The Labute approximate surface area is 109 Å². The number of nitrogen functional groups attached to an aromatic ring is 1. The number of aryl methyl sites for hydroxylation is 1. The molecule has 0 fully saturated rings. The van der Waals surface area contributed by atoms with E-state index in [-0.39, 0.29) is 16.9 Å². The standard InChI is InChI=1S/C14H12F2N2O/c1-8-2-5-13(12(16)6-8)18-14(19)10-4-3-9(17)7-11(10)15/h2-7H,17H2,1H3,(H,18,19). The van der Waals surface area contributed by atoms with Gasteiger partial charge in [-0.2, -0.15) is 0 Å². The zero-order chi connectivity index (χ0) is 14.0. The maximum absolute atomic E-state index is 13.6. The summed E-state index contributed by atoms with van der Waals surface area (Å²) in [4.78, 5) is 11.8. The molecule has 0 aliphatic rings. The van der Waals surface area contributed by atoms with Gasteiger partial charge < -0.3 is 11.1 Å². The first-order valence-corrected chi connectivity index (χ1v) is 5.60. The highest BCUT2D eigenvalue weighted by molar-refractivity contribution is 6.04. The highest BCUT2D eigenvalue weighted by Crippen LogP contribution is 2.18. The van der Waals surface area contributed by atoms with Crippen molar-refractivity contribution in [3.05, 3.63) is 59.2 Å². The number of hydrogen-bond acceptors (Lipinski definition) is 2. The number of halogens is 2. The van der Waals surface area contributed by atoms with Crippen LogP contribution in [0.5, 0.6) is 0 Å². The minimum absolute atomic E-state index is 0.00632. The summed E-state index contributed by atoms with van der Waals surface area (Å²) in [5.74, 6) is -2.03. The number of nitrogens with two attached hydrogens (primary N) is 1. The van der Waals surface area contributed by atoms with Crippen LogP contribution in [0, 0.1) is 18.6 Å². The lowest BCUT2D eigenvalue weighted by atomic mass is 10.1. The molecule has 0 aliphatic carbocycles. The van der Waals surface area contributed by atoms with Crippen molar-refractivity contribution in [2.75, 3.05) is 11.1 Å². The van der Waals surface area contributed by atoms with Crippen LogP contribution in [0.15, 0.2) is 36.4 Å². The van der Waals surface area contributed by atoms with Crippen molar-refractivity contribution in [2.45, 2.75) is 6.92 Å². The van der Waals surface area contributed by atoms with E-state index in [1.54, 1.807) is 13.0 Å². The van der Waals surface area contributed by atoms with Crippen LogP contribution < -0.4 is 11.1 Å². The average molecular weight is 262 g/mol. The lowest BCUT2D eigenvalue weighted by molar-refractivity contribution is 0.102. The van der Waals surface area contributed by atoms with Crippen LogP contribution in [0.2, 0.25) is 0 Å². The van der Waals surface area contributed by atoms with E-state index < -0.39 is 17.5 Å². The maximum atomic E-state index is 13.6. The summed E-state index contributed by atoms with van der Waals surface area (Å²) in [5.41, 5.74) is 6.16. The molecule has 0 bridgehead atoms. The fourth-order valence-corrected chi connectivity index (χ4v) is 1.63. The van der Waals surface area contributed by atoms with Crippen LogP contribution in [0.3, 0.4) is 0 Å². The van der Waals surface area contributed by atoms with Crippen LogP contribution in [-0.4, -0.2) is 5.91 Å². The molecule has 2 rings (SSSR count). The van der Waals surface area contributed by atoms with Crippen LogP contribution in [0.1, 0.15) is 15.9 Å². The topological polar surface area (TPSA) is 55.1 Å². The van der Waals surface area contributed by atoms with Crippen LogP contribution >= 0.6 is 0 Å². The third-order valence-corrected chi connectivity index (χ3v) is 2.61. The van der Waals surface area contributed by atoms with Gasteiger partial charge in [0.15, 0.2) is 0 Å². The number of carbonyl (C=O) groups is 1. The second-order valence-corrected chi connectivity index (χ2v) is 4.18. The molecule has 0 spiro atoms. The van der Waals surface area contributed by atoms with Crippen molar-refractivity contribution in [1.29, 1.82) is 0 Å². The Kier molecular flexibility index (Phi) is 3.46. The average Bonchev–Trinajstić information content (AvgIpc) is 2.32. The Morgan fingerprint density at radius 2 is 1.84 bits per heavy atom. The van der Waals surface area contributed by atoms with Crippen molar-refractivity contribution < 1.29 is 13.6 Å². The molecule has 1 amide bonds. The highest BCUT2D eigenvalue weighted by atomic mass is 19.1. The molecule has 98 valence electrons. The minimum atomic E-state index is -0.745. The SMILES string of the molecule is Cc1ccc(NC(=O)c2ccc(N)cc2F)c(F)c1. The zero-order valence-electron chi connectivity index (χ0n) is 10.2. The molecule has 0 heterocycles. The monoisotopic (exact) mass is 262 g/mol. The largest absolute Gasteiger partial charge is 0.399 e. The zero-order valence-corrected chi connectivity index (χ0v) is 10.2. The molecule has 3 N–H and O–H groups in total. The summed E-state index contributed by atoms with van der Waals surface area (Å²) in [7, 11) is 0. The smallest absolute Gasteiger partial charge is 0.258 e. The minimum Gasteiger partial charge on any atom is -0.399 e. The third kappa shape index (κ3) is 2.88. The van der Waals surface area contributed by atoms with Crippen molar-refractivity contribution in [3.63, 3.8) is 0 Å². The molecule has 3 nitrogen and oxygen atoms in total. The van der Waals surface area contributed by atoms with Crippen molar-refractivity contribution in [3.8, 4) is 0 Å². The molecule has 0 saturated heterocycles. The highest BCUT2D eigenvalue weighted by Gasteiger charge is 2.13. The van der Waals surface area contributed by atoms with Crippen LogP contribution in [-0.2, 0) is 0 Å². The number of nitrogens with one attached hydrogen (secondary N) is 1. The van der Waals surface area contributed by atoms with Crippen molar-refractivity contribution in [2.24, 2.45) is 0 Å². The molecule has 0 saturated carbocycles. The maximum Gasteiger partial charge on any atom is 0.258 e. The number of hydrogen-bond donors (Lipinski definition) is 2. The number of carbonyl (C=O) groups excluding carboxylic acids is 1. The van der Waals surface area contributed by atoms with Crippen molar-refractivity contribution >= 4 is 17.3 Å². The summed E-state index contributed by atoms with van der Waals surface area (Å²) in [6.07, 6.45) is 0. The number of amides is 1. The molecule has 0 atom stereocenters. The van der Waals surface area contributed by atoms with Crippen LogP contribution in [0.4, 0.5) is 20.2 Å². The van der Waals surface area contributed by atoms with Gasteiger partial charge in [-0.05, 0) is 42.8 Å². The lowest BCUT2D eigenvalue weighted by Crippen LogP contribution is -2.15. The van der Waals surface area contributed by atoms with Gasteiger partial charge in [0.2, 0.25) is 0 Å². The van der Waals surface area contributed by atoms with Crippen LogP contribution in [0.25, 0.3) is 0 Å². The van der Waals surface area contributed by atoms with Gasteiger partial charge in [-0.25, -0.2) is 8.78 Å². The third-order valence-electron chi connectivity index (χ3n) is 2.61. The van der Waals surface area contributed by atoms with Gasteiger partial charge in [0.1, 0.15) is 11.6 Å². The van der Waals surface area contributed by atoms with E-state index in [0.29, 0.717) is 0 Å². The van der Waals surface area contributed by atoms with Gasteiger partial charge in [-0.3, -0.25) is 4.79 Å². The normalized spacial score (nSPS) is 10.3. The quantitative estimate of drug-likeness (QED) is 0.817. The number of anilines is 2. The molecule has 0 aromatic heterocycles. The Hall–Kier alpha value is -2.43. The van der Waals surface area contributed by atoms with Gasteiger partial charge in [-0.15, -0.1) is 0 Å². The Morgan fingerprint density at radius 3 is 2.47 bits per heavy atom. The summed E-state index contributed by atoms with van der Waals surface area (Å²) in [5, 5.41) is 2.32. The summed E-state index contributed by atoms with van der Waals surface area (Å²) < 4.78 is 27.1. The van der Waals surface area contributed by atoms with Crippen molar-refractivity contribution in [1.82, 2.24) is 0 Å². The molecular weight excluding hydrogens is 250 g/mol. The number of rotatable bonds is 2. The van der Waals surface area contributed by atoms with Gasteiger partial charge in [0.05, 0.1) is 11.3 Å². The fraction of sp³-hybridized carbons (Fsp3) is 0.0714. The molecule has 0 radical (unpaired) electrons. The predicted octanol–water partition coefficient (Wildman–Crippen LogP) is 3.11. The van der Waals surface area contributed by atoms with E-state index in [1.807, 2.05) is 0 Å². The number of benzene rings is 2. The van der Waals surface area contributed by atoms with Gasteiger partial charge in [0.25, 0.3) is 5.91 Å². The first kappa shape index (κ1) is 13.0. The molecule has 0 unspecified atom stereocenters. The molecule has 2 aromatic rings. The second-order valence-electron chi connectivity index (χ2n) is 4.18. The predicted molar refractivity (Wildman–Crippen MR) is 69.9 cm³/mol. The van der Waals surface area contributed by atoms with Gasteiger partial charge in [-0.1, -0.05) is 6.07 Å². The fourth-order valence-electron chi connectivity index (χ4n) is 1.63. The first-order chi connectivity index (χ1) is 8.97. The summed E-state index contributed by atoms with van der Waals surface area (Å²) in [6.45, 7) is 1.73. The Balaban J connectivity index is 2.25. The molecule has 5 heteroatoms. The molecule has 2 aromatic carbocycles. The van der Waals surface area contributed by atoms with E-state index in [0.717, 1.165) is 11.6 Å². The van der Waals surface area contributed by atoms with E-state index in [9.17, 15) is 13.6 Å². The Bertz CT molecular complexity index is 641. The first-order valence-electron chi connectivity index (χ1n) is 5.60. The summed E-state index contributed by atoms with van der Waals surface area (Å²) in [6, 6.07) is 8.07. The van der Waals surface area contributed by atoms with Gasteiger partial charge >= 0.3 is 0 Å².